The molecule has 7 heteroatoms. The molecule has 144 valence electrons. The first-order chi connectivity index (χ1) is 15.1. The first-order valence-corrected chi connectivity index (χ1v) is 8.72. The first kappa shape index (κ1) is 13.2. The maximum absolute atomic E-state index is 16.0. The quantitative estimate of drug-likeness (QED) is 0.741. The number of rotatable bonds is 5. The minimum absolute atomic E-state index is 0.0400. The van der Waals surface area contributed by atoms with E-state index in [1.54, 1.807) is 6.92 Å². The Morgan fingerprint density at radius 1 is 1.37 bits per heavy atom. The minimum atomic E-state index is -2.93. The Bertz CT molecular complexity index is 1040. The third-order valence-corrected chi connectivity index (χ3v) is 4.32. The van der Waals surface area contributed by atoms with Crippen LogP contribution in [0, 0.1) is 12.7 Å². The van der Waals surface area contributed by atoms with Crippen molar-refractivity contribution in [3.05, 3.63) is 58.4 Å². The number of nitrogens with zero attached hydrogens (tertiary/aromatic N) is 3. The van der Waals surface area contributed by atoms with E-state index in [1.165, 1.54) is 12.4 Å². The van der Waals surface area contributed by atoms with Gasteiger partial charge < -0.3 is 4.90 Å². The summed E-state index contributed by atoms with van der Waals surface area (Å²) in [6.45, 7) is -4.00. The highest BCUT2D eigenvalue weighted by molar-refractivity contribution is 6.31. The monoisotopic (exact) mass is 399 g/mol. The van der Waals surface area contributed by atoms with Gasteiger partial charge in [-0.2, -0.15) is 0 Å². The van der Waals surface area contributed by atoms with E-state index in [0.717, 1.165) is 23.8 Å². The second kappa shape index (κ2) is 8.30. The lowest BCUT2D eigenvalue weighted by Gasteiger charge is -2.36. The highest BCUT2D eigenvalue weighted by Crippen LogP contribution is 2.32. The Morgan fingerprint density at radius 3 is 2.67 bits per heavy atom. The van der Waals surface area contributed by atoms with E-state index in [2.05, 4.69) is 9.97 Å². The minimum Gasteiger partial charge on any atom is -0.338 e. The molecule has 2 heterocycles. The molecule has 0 saturated carbocycles. The second-order valence-corrected chi connectivity index (χ2v) is 6.67. The number of hydrogen-bond donors (Lipinski definition) is 0. The van der Waals surface area contributed by atoms with E-state index in [4.69, 9.17) is 19.8 Å². The molecule has 1 saturated heterocycles. The zero-order valence-corrected chi connectivity index (χ0v) is 15.4. The van der Waals surface area contributed by atoms with Crippen molar-refractivity contribution in [1.29, 1.82) is 0 Å². The molecule has 0 unspecified atom stereocenters. The van der Waals surface area contributed by atoms with Gasteiger partial charge in [0.2, 0.25) is 0 Å². The number of benzene rings is 1. The Hall–Kier alpha value is -2.08. The molecule has 1 aromatic carbocycles. The van der Waals surface area contributed by atoms with Gasteiger partial charge in [0.1, 0.15) is 17.3 Å². The topological polar surface area (TPSA) is 46.1 Å². The van der Waals surface area contributed by atoms with Gasteiger partial charge in [-0.3, -0.25) is 4.79 Å². The van der Waals surface area contributed by atoms with Crippen molar-refractivity contribution in [3.8, 4) is 0 Å². The molecule has 0 bridgehead atoms. The summed E-state index contributed by atoms with van der Waals surface area (Å²) >= 11 is 5.68. The maximum atomic E-state index is 16.0. The summed E-state index contributed by atoms with van der Waals surface area (Å²) in [7, 11) is 0. The summed E-state index contributed by atoms with van der Waals surface area (Å²) in [5.74, 6) is -1.69. The molecule has 0 atom stereocenters. The largest absolute Gasteiger partial charge is 0.338 e. The standard InChI is InChI=1S/C20H22ClF2N3O/c1-14-12-24-18(25-13-14)3-2-6-20(23)7-9-26(10-8-20)19(27)15-4-5-17(22)16(21)11-15/h4-5,11-13H,2-3,6-10H2,1H3/i6D2,9D2,10D2. The number of hydrogen-bond acceptors (Lipinski definition) is 3. The van der Waals surface area contributed by atoms with E-state index < -0.39 is 61.0 Å². The van der Waals surface area contributed by atoms with Gasteiger partial charge in [-0.25, -0.2) is 18.7 Å². The van der Waals surface area contributed by atoms with Gasteiger partial charge in [-0.15, -0.1) is 0 Å². The second-order valence-electron chi connectivity index (χ2n) is 6.26. The fourth-order valence-electron chi connectivity index (χ4n) is 2.50. The van der Waals surface area contributed by atoms with Crippen molar-refractivity contribution in [3.63, 3.8) is 0 Å². The molecule has 1 aliphatic heterocycles. The predicted octanol–water partition coefficient (Wildman–Crippen LogP) is 4.54. The van der Waals surface area contributed by atoms with Crippen molar-refractivity contribution >= 4 is 17.5 Å². The molecule has 27 heavy (non-hydrogen) atoms. The van der Waals surface area contributed by atoms with Crippen LogP contribution in [-0.2, 0) is 6.42 Å². The summed E-state index contributed by atoms with van der Waals surface area (Å²) in [5.41, 5.74) is -2.41. The number of piperidine rings is 1. The normalized spacial score (nSPS) is 23.9. The molecule has 2 aromatic rings. The molecule has 3 rings (SSSR count). The number of likely N-dealkylation sites (tertiary alicyclic amines) is 1. The SMILES string of the molecule is [2H]C1([2H])CC(F)(C([2H])([2H])CCc2ncc(C)cn2)CC([2H])([2H])N1C(=O)c1ccc(F)c(Cl)c1. The van der Waals surface area contributed by atoms with Crippen LogP contribution in [0.2, 0.25) is 5.02 Å². The summed E-state index contributed by atoms with van der Waals surface area (Å²) in [4.78, 5) is 21.3. The predicted molar refractivity (Wildman–Crippen MR) is 100 cm³/mol. The molecular formula is C20H22ClF2N3O. The van der Waals surface area contributed by atoms with E-state index in [-0.39, 0.29) is 22.7 Å². The van der Waals surface area contributed by atoms with Gasteiger partial charge in [0.25, 0.3) is 5.91 Å². The van der Waals surface area contributed by atoms with E-state index >= 15 is 4.39 Å². The number of carbonyl (C=O) groups is 1. The number of alkyl halides is 1. The van der Waals surface area contributed by atoms with Crippen LogP contribution >= 0.6 is 11.6 Å². The lowest BCUT2D eigenvalue weighted by Crippen LogP contribution is -2.44. The molecule has 1 fully saturated rings. The van der Waals surface area contributed by atoms with Gasteiger partial charge in [-0.05, 0) is 56.3 Å². The van der Waals surface area contributed by atoms with Gasteiger partial charge in [0.15, 0.2) is 0 Å². The van der Waals surface area contributed by atoms with Gasteiger partial charge in [0, 0.05) is 45.6 Å². The molecule has 0 radical (unpaired) electrons. The summed E-state index contributed by atoms with van der Waals surface area (Å²) in [6, 6.07) is 2.84. The lowest BCUT2D eigenvalue weighted by molar-refractivity contribution is 0.0389. The van der Waals surface area contributed by atoms with Crippen LogP contribution < -0.4 is 0 Å². The van der Waals surface area contributed by atoms with Crippen LogP contribution in [0.3, 0.4) is 0 Å². The number of aromatic nitrogens is 2. The lowest BCUT2D eigenvalue weighted by atomic mass is 9.88. The van der Waals surface area contributed by atoms with Crippen LogP contribution in [0.4, 0.5) is 8.78 Å². The fourth-order valence-corrected chi connectivity index (χ4v) is 2.68. The Morgan fingerprint density at radius 2 is 2.04 bits per heavy atom. The van der Waals surface area contributed by atoms with Crippen molar-refractivity contribution in [2.45, 2.75) is 44.6 Å². The molecule has 0 N–H and O–H groups in total. The summed E-state index contributed by atoms with van der Waals surface area (Å²) < 4.78 is 79.0. The van der Waals surface area contributed by atoms with Crippen molar-refractivity contribution in [2.24, 2.45) is 0 Å². The number of aryl methyl sites for hydroxylation is 2. The van der Waals surface area contributed by atoms with Crippen molar-refractivity contribution in [1.82, 2.24) is 14.9 Å². The number of amides is 1. The first-order valence-electron chi connectivity index (χ1n) is 11.3. The zero-order valence-electron chi connectivity index (χ0n) is 20.6. The Balaban J connectivity index is 1.86. The van der Waals surface area contributed by atoms with Gasteiger partial charge in [0.05, 0.1) is 5.02 Å². The van der Waals surface area contributed by atoms with Crippen LogP contribution in [-0.4, -0.2) is 39.4 Å². The molecule has 0 aliphatic carbocycles. The van der Waals surface area contributed by atoms with Gasteiger partial charge >= 0.3 is 0 Å². The Kier molecular flexibility index (Phi) is 4.04. The molecule has 1 aliphatic rings. The third kappa shape index (κ3) is 5.01. The average Bonchev–Trinajstić information content (AvgIpc) is 2.67. The van der Waals surface area contributed by atoms with Crippen LogP contribution in [0.5, 0.6) is 0 Å². The molecule has 1 amide bonds. The summed E-state index contributed by atoms with van der Waals surface area (Å²) in [5, 5.41) is -0.409. The highest BCUT2D eigenvalue weighted by atomic mass is 35.5. The smallest absolute Gasteiger partial charge is 0.253 e. The van der Waals surface area contributed by atoms with Gasteiger partial charge in [-0.1, -0.05) is 11.6 Å². The van der Waals surface area contributed by atoms with Crippen molar-refractivity contribution in [2.75, 3.05) is 13.0 Å². The molecule has 1 aromatic heterocycles. The van der Waals surface area contributed by atoms with Crippen molar-refractivity contribution < 1.29 is 21.8 Å². The van der Waals surface area contributed by atoms with Crippen LogP contribution in [0.1, 0.15) is 55.6 Å². The summed E-state index contributed by atoms with van der Waals surface area (Å²) in [6.07, 6.45) is -2.22. The number of halogens is 3. The van der Waals surface area contributed by atoms with E-state index in [0.29, 0.717) is 0 Å². The fraction of sp³-hybridized carbons (Fsp3) is 0.450. The number of carbonyl (C=O) groups excluding carboxylic acids is 1. The van der Waals surface area contributed by atoms with Crippen LogP contribution in [0.15, 0.2) is 30.6 Å². The highest BCUT2D eigenvalue weighted by Gasteiger charge is 2.35. The van der Waals surface area contributed by atoms with E-state index in [9.17, 15) is 9.18 Å². The van der Waals surface area contributed by atoms with Crippen LogP contribution in [0.25, 0.3) is 0 Å². The molecule has 4 nitrogen and oxygen atoms in total. The Labute approximate surface area is 171 Å². The third-order valence-electron chi connectivity index (χ3n) is 4.03. The molecular weight excluding hydrogens is 372 g/mol. The van der Waals surface area contributed by atoms with E-state index in [1.807, 2.05) is 0 Å². The molecule has 0 spiro atoms. The average molecular weight is 400 g/mol. The maximum Gasteiger partial charge on any atom is 0.253 e. The zero-order chi connectivity index (χ0) is 24.8.